The molecule has 5 atom stereocenters. The molecule has 0 spiro atoms. The quantitative estimate of drug-likeness (QED) is 0.0388. The fourth-order valence-electron chi connectivity index (χ4n) is 11.5. The number of fused-ring (bicyclic) bond motifs is 3. The number of aromatic hydroxyl groups is 1. The Morgan fingerprint density at radius 2 is 1.46 bits per heavy atom. The topological polar surface area (TPSA) is 176 Å². The van der Waals surface area contributed by atoms with Gasteiger partial charge >= 0.3 is 5.97 Å². The zero-order valence-corrected chi connectivity index (χ0v) is 50.1. The Labute approximate surface area is 476 Å². The van der Waals surface area contributed by atoms with E-state index in [0.717, 1.165) is 22.0 Å². The summed E-state index contributed by atoms with van der Waals surface area (Å²) in [5, 5.41) is 21.1. The summed E-state index contributed by atoms with van der Waals surface area (Å²) in [4.78, 5) is 83.0. The van der Waals surface area contributed by atoms with Crippen LogP contribution in [0.5, 0.6) is 5.75 Å². The second-order valence-electron chi connectivity index (χ2n) is 23.0. The highest BCUT2D eigenvalue weighted by molar-refractivity contribution is 8.34. The van der Waals surface area contributed by atoms with Gasteiger partial charge in [0.15, 0.2) is 0 Å². The van der Waals surface area contributed by atoms with Gasteiger partial charge < -0.3 is 45.5 Å². The van der Waals surface area contributed by atoms with Gasteiger partial charge in [-0.05, 0) is 145 Å². The standard InChI is InChI=1S/C65H87N7O7S/c1-41(2)80(42(3)4)59-38-49(70(8)9)28-32-53(59)52(54-33-29-50(71(10)11)39-60(54)80)22-18-25-61(74)66-34-16-15-24-56-65(78)72(12)58(37-48-36-47-21-13-14-23-55(47)67-48)64(77)69-57(46-26-30-51(73)31-27-46)40-62(75)79-45(7)20-17-19-43(5)35-44(6)63(76)68-56/h13-14,19,21-23,26-33,36,38-39,41-42,44-45,56-58,67,73H,15-18,20,24-25,34-35,37,40H2,1-12H3,(H,66,74)(H,68,76)(H,69,77)/b43-19+/t44-,45-,56-,57+,58+/m0/s1. The largest absolute Gasteiger partial charge is 0.508 e. The molecule has 1 aromatic heterocycles. The Kier molecular flexibility index (Phi) is 20.4. The molecule has 2 aliphatic heterocycles. The molecule has 0 unspecified atom stereocenters. The third-order valence-electron chi connectivity index (χ3n) is 15.9. The minimum absolute atomic E-state index is 0.0297. The number of para-hydroxylation sites is 1. The van der Waals surface area contributed by atoms with Crippen molar-refractivity contribution in [2.24, 2.45) is 5.92 Å². The molecule has 0 bridgehead atoms. The van der Waals surface area contributed by atoms with Crippen molar-refractivity contribution in [2.45, 2.75) is 157 Å². The number of ether oxygens (including phenoxy) is 1. The van der Waals surface area contributed by atoms with E-state index in [1.54, 1.807) is 19.2 Å². The number of phenols is 1. The summed E-state index contributed by atoms with van der Waals surface area (Å²) in [7, 11) is 8.44. The molecule has 2 aliphatic rings. The van der Waals surface area contributed by atoms with Crippen molar-refractivity contribution in [3.63, 3.8) is 0 Å². The minimum Gasteiger partial charge on any atom is -0.508 e. The number of likely N-dealkylation sites (N-methyl/N-ethyl adjacent to an activating group) is 1. The van der Waals surface area contributed by atoms with E-state index < -0.39 is 58.0 Å². The number of nitrogens with one attached hydrogen (secondary N) is 4. The molecular formula is C65H87N7O7S. The number of esters is 1. The van der Waals surface area contributed by atoms with Crippen molar-refractivity contribution in [3.05, 3.63) is 131 Å². The van der Waals surface area contributed by atoms with Crippen molar-refractivity contribution in [1.82, 2.24) is 25.8 Å². The van der Waals surface area contributed by atoms with E-state index in [-0.39, 0.29) is 36.8 Å². The summed E-state index contributed by atoms with van der Waals surface area (Å²) in [6, 6.07) is 26.8. The maximum atomic E-state index is 15.0. The number of carbonyl (C=O) groups excluding carboxylic acids is 5. The van der Waals surface area contributed by atoms with Crippen LogP contribution in [-0.4, -0.2) is 115 Å². The molecule has 5 N–H and O–H groups in total. The first kappa shape index (κ1) is 60.6. The van der Waals surface area contributed by atoms with Gasteiger partial charge in [0.25, 0.3) is 0 Å². The van der Waals surface area contributed by atoms with Crippen molar-refractivity contribution in [2.75, 3.05) is 51.6 Å². The molecule has 0 saturated carbocycles. The van der Waals surface area contributed by atoms with Crippen LogP contribution in [0.15, 0.2) is 119 Å². The lowest BCUT2D eigenvalue weighted by molar-refractivity contribution is -0.149. The lowest BCUT2D eigenvalue weighted by Crippen LogP contribution is -2.56. The number of rotatable bonds is 15. The van der Waals surface area contributed by atoms with Crippen LogP contribution in [0.25, 0.3) is 16.5 Å². The molecule has 0 fully saturated rings. The number of cyclic esters (lactones) is 1. The first-order valence-electron chi connectivity index (χ1n) is 28.6. The van der Waals surface area contributed by atoms with Crippen LogP contribution in [-0.2, 0) is 35.1 Å². The number of H-pyrrole nitrogens is 1. The van der Waals surface area contributed by atoms with E-state index >= 15 is 0 Å². The number of aromatic nitrogens is 1. The number of amides is 4. The molecule has 80 heavy (non-hydrogen) atoms. The Bertz CT molecular complexity index is 2960. The molecule has 430 valence electrons. The molecule has 0 aliphatic carbocycles. The summed E-state index contributed by atoms with van der Waals surface area (Å²) >= 11 is 0. The van der Waals surface area contributed by atoms with Gasteiger partial charge in [-0.1, -0.05) is 94.8 Å². The molecule has 15 heteroatoms. The van der Waals surface area contributed by atoms with Crippen molar-refractivity contribution < 1.29 is 33.8 Å². The summed E-state index contributed by atoms with van der Waals surface area (Å²) < 4.78 is 5.84. The monoisotopic (exact) mass is 1110 g/mol. The van der Waals surface area contributed by atoms with Crippen molar-refractivity contribution in [3.8, 4) is 5.75 Å². The maximum absolute atomic E-state index is 15.0. The van der Waals surface area contributed by atoms with Crippen LogP contribution in [0.4, 0.5) is 11.4 Å². The maximum Gasteiger partial charge on any atom is 0.308 e. The summed E-state index contributed by atoms with van der Waals surface area (Å²) in [5.74, 6) is -2.24. The first-order valence-corrected chi connectivity index (χ1v) is 30.3. The third kappa shape index (κ3) is 14.3. The number of aromatic amines is 1. The lowest BCUT2D eigenvalue weighted by atomic mass is 9.95. The molecule has 4 amide bonds. The molecule has 3 heterocycles. The highest BCUT2D eigenvalue weighted by Gasteiger charge is 2.43. The summed E-state index contributed by atoms with van der Waals surface area (Å²) in [6.07, 6.45) is 7.60. The average Bonchev–Trinajstić information content (AvgIpc) is 3.94. The summed E-state index contributed by atoms with van der Waals surface area (Å²) in [5.41, 5.74) is 9.14. The molecule has 0 saturated heterocycles. The number of hydrogen-bond acceptors (Lipinski definition) is 9. The van der Waals surface area contributed by atoms with E-state index in [1.807, 2.05) is 51.1 Å². The zero-order chi connectivity index (χ0) is 58.0. The van der Waals surface area contributed by atoms with Gasteiger partial charge in [0.1, 0.15) is 17.8 Å². The van der Waals surface area contributed by atoms with Gasteiger partial charge in [0.2, 0.25) is 23.6 Å². The molecule has 14 nitrogen and oxygen atoms in total. The first-order chi connectivity index (χ1) is 38.1. The Hall–Kier alpha value is -7.00. The van der Waals surface area contributed by atoms with Gasteiger partial charge in [-0.25, -0.2) is 0 Å². The summed E-state index contributed by atoms with van der Waals surface area (Å²) in [6.45, 7) is 15.5. The Balaban J connectivity index is 1.10. The molecule has 0 radical (unpaired) electrons. The van der Waals surface area contributed by atoms with Gasteiger partial charge in [0.05, 0.1) is 18.6 Å². The van der Waals surface area contributed by atoms with E-state index in [0.29, 0.717) is 73.2 Å². The number of carbonyl (C=O) groups is 5. The van der Waals surface area contributed by atoms with Crippen LogP contribution in [0, 0.1) is 5.92 Å². The van der Waals surface area contributed by atoms with E-state index in [4.69, 9.17) is 4.74 Å². The molecular weight excluding hydrogens is 1020 g/mol. The van der Waals surface area contributed by atoms with Gasteiger partial charge in [-0.3, -0.25) is 24.0 Å². The van der Waals surface area contributed by atoms with Crippen molar-refractivity contribution in [1.29, 1.82) is 0 Å². The van der Waals surface area contributed by atoms with Crippen LogP contribution >= 0.6 is 10.0 Å². The van der Waals surface area contributed by atoms with Gasteiger partial charge in [-0.15, -0.1) is 0 Å². The van der Waals surface area contributed by atoms with Crippen LogP contribution in [0.2, 0.25) is 0 Å². The number of nitrogens with zero attached hydrogens (tertiary/aromatic N) is 3. The number of unbranched alkanes of at least 4 members (excludes halogenated alkanes) is 1. The molecule has 5 aromatic rings. The van der Waals surface area contributed by atoms with E-state index in [1.165, 1.54) is 49.3 Å². The number of allylic oxidation sites excluding steroid dienone is 3. The average molecular weight is 1110 g/mol. The van der Waals surface area contributed by atoms with Crippen molar-refractivity contribution >= 4 is 67.5 Å². The van der Waals surface area contributed by atoms with Crippen LogP contribution in [0.1, 0.15) is 135 Å². The normalized spacial score (nSPS) is 21.4. The number of phenolic OH excluding ortho intramolecular Hbond substituents is 1. The van der Waals surface area contributed by atoms with E-state index in [9.17, 15) is 29.1 Å². The highest BCUT2D eigenvalue weighted by Crippen LogP contribution is 2.74. The van der Waals surface area contributed by atoms with Crippen LogP contribution in [0.3, 0.4) is 0 Å². The molecule has 4 aromatic carbocycles. The fraction of sp³-hybridized carbons (Fsp3) is 0.462. The number of anilines is 2. The zero-order valence-electron chi connectivity index (χ0n) is 49.3. The predicted molar refractivity (Wildman–Crippen MR) is 326 cm³/mol. The lowest BCUT2D eigenvalue weighted by Gasteiger charge is -2.53. The third-order valence-corrected chi connectivity index (χ3v) is 21.0. The number of benzene rings is 4. The van der Waals surface area contributed by atoms with Gasteiger partial charge in [0, 0.05) is 92.9 Å². The Morgan fingerprint density at radius 3 is 2.08 bits per heavy atom. The Morgan fingerprint density at radius 1 is 0.825 bits per heavy atom. The highest BCUT2D eigenvalue weighted by atomic mass is 32.3. The predicted octanol–water partition coefficient (Wildman–Crippen LogP) is 11.4. The SMILES string of the molecule is C/C1=C\CC[C@H](C)OC(=O)C[C@H](c2ccc(O)cc2)NC(=O)[C@@H](Cc2cc3ccccc3[nH]2)N(C)C(=O)[C@H](CCCCNC(=O)CCC=C2c3ccc(N(C)C)cc3S(C(C)C)(C(C)C)c3cc(N(C)C)ccc32)NC(=O)[C@@H](C)C1. The second kappa shape index (κ2) is 27.0. The van der Waals surface area contributed by atoms with E-state index in [2.05, 4.69) is 135 Å². The smallest absolute Gasteiger partial charge is 0.308 e. The van der Waals surface area contributed by atoms with Crippen LogP contribution < -0.4 is 25.8 Å². The minimum atomic E-state index is -1.50. The number of hydrogen-bond donors (Lipinski definition) is 5. The second-order valence-corrected chi connectivity index (χ2v) is 27.1. The fourth-order valence-corrected chi connectivity index (χ4v) is 16.6. The molecule has 7 rings (SSSR count). The van der Waals surface area contributed by atoms with Gasteiger partial charge in [-0.2, -0.15) is 10.0 Å².